The molecule has 0 aliphatic carbocycles. The highest BCUT2D eigenvalue weighted by Gasteiger charge is 2.12. The predicted molar refractivity (Wildman–Crippen MR) is 76.8 cm³/mol. The monoisotopic (exact) mass is 293 g/mol. The Balaban J connectivity index is 1.86. The quantitative estimate of drug-likeness (QED) is 0.559. The lowest BCUT2D eigenvalue weighted by atomic mass is 10.2. The van der Waals surface area contributed by atoms with Gasteiger partial charge < -0.3 is 21.2 Å². The summed E-state index contributed by atoms with van der Waals surface area (Å²) in [6.07, 6.45) is 1.57. The number of carbonyl (C=O) groups excluding carboxylic acids is 1. The molecule has 5 N–H and O–H groups in total. The van der Waals surface area contributed by atoms with Crippen LogP contribution >= 0.6 is 11.8 Å². The van der Waals surface area contributed by atoms with Gasteiger partial charge in [0.15, 0.2) is 5.16 Å². The van der Waals surface area contributed by atoms with Crippen LogP contribution in [-0.2, 0) is 4.79 Å². The van der Waals surface area contributed by atoms with Gasteiger partial charge in [-0.3, -0.25) is 4.79 Å². The molecule has 2 aromatic rings. The smallest absolute Gasteiger partial charge is 0.231 e. The van der Waals surface area contributed by atoms with Crippen molar-refractivity contribution in [2.45, 2.75) is 18.1 Å². The third-order valence-electron chi connectivity index (χ3n) is 2.43. The van der Waals surface area contributed by atoms with E-state index in [0.29, 0.717) is 10.9 Å². The molecule has 0 aliphatic heterocycles. The number of hydrogen-bond donors (Lipinski definition) is 3. The van der Waals surface area contributed by atoms with Crippen molar-refractivity contribution in [1.82, 2.24) is 15.3 Å². The van der Waals surface area contributed by atoms with Crippen LogP contribution < -0.4 is 16.8 Å². The molecule has 0 radical (unpaired) electrons. The number of hydrogen-bond acceptors (Lipinski definition) is 7. The minimum absolute atomic E-state index is 0.150. The van der Waals surface area contributed by atoms with Crippen LogP contribution in [-0.4, -0.2) is 21.6 Å². The highest BCUT2D eigenvalue weighted by molar-refractivity contribution is 7.99. The van der Waals surface area contributed by atoms with Crippen LogP contribution in [0, 0.1) is 0 Å². The molecular weight excluding hydrogens is 278 g/mol. The lowest BCUT2D eigenvalue weighted by Gasteiger charge is -2.10. The van der Waals surface area contributed by atoms with Crippen LogP contribution in [0.5, 0.6) is 0 Å². The number of nitrogens with two attached hydrogens (primary N) is 2. The first-order valence-corrected chi connectivity index (χ1v) is 6.89. The lowest BCUT2D eigenvalue weighted by Crippen LogP contribution is -2.28. The van der Waals surface area contributed by atoms with Gasteiger partial charge in [0.05, 0.1) is 18.1 Å². The Morgan fingerprint density at radius 2 is 2.15 bits per heavy atom. The fraction of sp³-hybridized carbons (Fsp3) is 0.250. The van der Waals surface area contributed by atoms with Crippen LogP contribution in [0.4, 0.5) is 11.6 Å². The topological polar surface area (TPSA) is 120 Å². The third kappa shape index (κ3) is 3.89. The lowest BCUT2D eigenvalue weighted by molar-refractivity contribution is -0.119. The van der Waals surface area contributed by atoms with Crippen molar-refractivity contribution in [3.63, 3.8) is 0 Å². The first kappa shape index (κ1) is 14.2. The van der Waals surface area contributed by atoms with Gasteiger partial charge in [0, 0.05) is 6.07 Å². The number of amides is 1. The summed E-state index contributed by atoms with van der Waals surface area (Å²) in [7, 11) is 0. The van der Waals surface area contributed by atoms with Crippen molar-refractivity contribution in [3.8, 4) is 0 Å². The Kier molecular flexibility index (Phi) is 4.46. The Morgan fingerprint density at radius 3 is 2.75 bits per heavy atom. The normalized spacial score (nSPS) is 12.1. The van der Waals surface area contributed by atoms with E-state index in [1.807, 2.05) is 6.92 Å². The summed E-state index contributed by atoms with van der Waals surface area (Å²) in [5.74, 6) is 1.29. The van der Waals surface area contributed by atoms with E-state index in [1.54, 1.807) is 18.4 Å². The van der Waals surface area contributed by atoms with E-state index in [4.69, 9.17) is 15.9 Å². The molecule has 0 fully saturated rings. The number of aromatic nitrogens is 2. The molecule has 0 saturated carbocycles. The van der Waals surface area contributed by atoms with E-state index in [0.717, 1.165) is 0 Å². The van der Waals surface area contributed by atoms with Gasteiger partial charge in [-0.25, -0.2) is 9.97 Å². The molecule has 0 unspecified atom stereocenters. The number of furan rings is 1. The molecule has 106 valence electrons. The summed E-state index contributed by atoms with van der Waals surface area (Å²) in [5.41, 5.74) is 11.1. The zero-order chi connectivity index (χ0) is 14.5. The Hall–Kier alpha value is -2.22. The van der Waals surface area contributed by atoms with E-state index in [-0.39, 0.29) is 29.3 Å². The zero-order valence-corrected chi connectivity index (χ0v) is 11.7. The second-order valence-electron chi connectivity index (χ2n) is 4.09. The van der Waals surface area contributed by atoms with E-state index in [2.05, 4.69) is 15.3 Å². The average Bonchev–Trinajstić information content (AvgIpc) is 2.89. The second-order valence-corrected chi connectivity index (χ2v) is 5.04. The van der Waals surface area contributed by atoms with Gasteiger partial charge in [0.25, 0.3) is 0 Å². The molecule has 0 spiro atoms. The van der Waals surface area contributed by atoms with Crippen LogP contribution in [0.3, 0.4) is 0 Å². The van der Waals surface area contributed by atoms with E-state index in [9.17, 15) is 4.79 Å². The summed E-state index contributed by atoms with van der Waals surface area (Å²) in [6.45, 7) is 1.84. The number of anilines is 2. The standard InChI is InChI=1S/C12H15N5O2S/c1-7(8-3-2-4-19-8)15-11(18)6-20-12-16-9(13)5-10(14)17-12/h2-5,7H,6H2,1H3,(H,15,18)(H4,13,14,16,17)/t7-/m0/s1. The number of nitrogens with zero attached hydrogens (tertiary/aromatic N) is 2. The molecule has 1 atom stereocenters. The van der Waals surface area contributed by atoms with Gasteiger partial charge >= 0.3 is 0 Å². The third-order valence-corrected chi connectivity index (χ3v) is 3.27. The fourth-order valence-electron chi connectivity index (χ4n) is 1.55. The molecule has 2 aromatic heterocycles. The SMILES string of the molecule is C[C@H](NC(=O)CSc1nc(N)cc(N)n1)c1ccco1. The number of nitrogen functional groups attached to an aromatic ring is 2. The summed E-state index contributed by atoms with van der Waals surface area (Å²) in [5, 5.41) is 3.19. The van der Waals surface area contributed by atoms with Gasteiger partial charge in [-0.05, 0) is 19.1 Å². The minimum atomic E-state index is -0.190. The maximum absolute atomic E-state index is 11.8. The fourth-order valence-corrected chi connectivity index (χ4v) is 2.23. The Morgan fingerprint density at radius 1 is 1.45 bits per heavy atom. The predicted octanol–water partition coefficient (Wildman–Crippen LogP) is 1.20. The molecule has 0 bridgehead atoms. The Bertz CT molecular complexity index is 567. The highest BCUT2D eigenvalue weighted by Crippen LogP contribution is 2.17. The molecule has 20 heavy (non-hydrogen) atoms. The van der Waals surface area contributed by atoms with Crippen LogP contribution in [0.15, 0.2) is 34.0 Å². The van der Waals surface area contributed by atoms with Crippen LogP contribution in [0.2, 0.25) is 0 Å². The molecule has 0 aromatic carbocycles. The summed E-state index contributed by atoms with van der Waals surface area (Å²) >= 11 is 1.17. The van der Waals surface area contributed by atoms with Crippen molar-refractivity contribution in [3.05, 3.63) is 30.2 Å². The molecule has 7 nitrogen and oxygen atoms in total. The first-order valence-electron chi connectivity index (χ1n) is 5.90. The summed E-state index contributed by atoms with van der Waals surface area (Å²) in [4.78, 5) is 19.8. The second kappa shape index (κ2) is 6.29. The van der Waals surface area contributed by atoms with Crippen LogP contribution in [0.1, 0.15) is 18.7 Å². The molecule has 0 aliphatic rings. The largest absolute Gasteiger partial charge is 0.467 e. The van der Waals surface area contributed by atoms with Gasteiger partial charge in [-0.2, -0.15) is 0 Å². The van der Waals surface area contributed by atoms with E-state index in [1.165, 1.54) is 17.8 Å². The number of nitrogens with one attached hydrogen (secondary N) is 1. The maximum atomic E-state index is 11.8. The molecule has 2 heterocycles. The number of rotatable bonds is 5. The summed E-state index contributed by atoms with van der Waals surface area (Å²) in [6, 6.07) is 4.85. The van der Waals surface area contributed by atoms with Gasteiger partial charge in [-0.1, -0.05) is 11.8 Å². The Labute approximate surface area is 120 Å². The number of carbonyl (C=O) groups is 1. The maximum Gasteiger partial charge on any atom is 0.231 e. The van der Waals surface area contributed by atoms with Gasteiger partial charge in [0.1, 0.15) is 17.4 Å². The van der Waals surface area contributed by atoms with Crippen molar-refractivity contribution >= 4 is 29.3 Å². The molecule has 1 amide bonds. The highest BCUT2D eigenvalue weighted by atomic mass is 32.2. The first-order chi connectivity index (χ1) is 9.54. The van der Waals surface area contributed by atoms with Crippen LogP contribution in [0.25, 0.3) is 0 Å². The van der Waals surface area contributed by atoms with Gasteiger partial charge in [0.2, 0.25) is 5.91 Å². The van der Waals surface area contributed by atoms with E-state index >= 15 is 0 Å². The molecule has 0 saturated heterocycles. The minimum Gasteiger partial charge on any atom is -0.467 e. The van der Waals surface area contributed by atoms with Crippen molar-refractivity contribution in [2.75, 3.05) is 17.2 Å². The van der Waals surface area contributed by atoms with Gasteiger partial charge in [-0.15, -0.1) is 0 Å². The van der Waals surface area contributed by atoms with Crippen molar-refractivity contribution in [1.29, 1.82) is 0 Å². The molecule has 2 rings (SSSR count). The number of thioether (sulfide) groups is 1. The molecular formula is C12H15N5O2S. The summed E-state index contributed by atoms with van der Waals surface area (Å²) < 4.78 is 5.21. The molecule has 8 heteroatoms. The van der Waals surface area contributed by atoms with Crippen molar-refractivity contribution in [2.24, 2.45) is 0 Å². The van der Waals surface area contributed by atoms with E-state index < -0.39 is 0 Å². The average molecular weight is 293 g/mol. The zero-order valence-electron chi connectivity index (χ0n) is 10.9. The van der Waals surface area contributed by atoms with Crippen molar-refractivity contribution < 1.29 is 9.21 Å².